The first-order chi connectivity index (χ1) is 26.6. The van der Waals surface area contributed by atoms with Crippen LogP contribution in [0.1, 0.15) is 72.8 Å². The van der Waals surface area contributed by atoms with Crippen molar-refractivity contribution in [1.29, 1.82) is 0 Å². The minimum atomic E-state index is -4.00. The largest absolute Gasteiger partial charge is 0.392 e. The lowest BCUT2D eigenvalue weighted by Crippen LogP contribution is -2.48. The normalized spacial score (nSPS) is 24.2. The van der Waals surface area contributed by atoms with E-state index in [2.05, 4.69) is 26.8 Å². The summed E-state index contributed by atoms with van der Waals surface area (Å²) < 4.78 is 43.3. The van der Waals surface area contributed by atoms with Crippen molar-refractivity contribution < 1.29 is 27.8 Å². The van der Waals surface area contributed by atoms with Gasteiger partial charge in [0.15, 0.2) is 6.29 Å². The molecule has 6 unspecified atom stereocenters. The van der Waals surface area contributed by atoms with Crippen LogP contribution in [0.15, 0.2) is 108 Å². The summed E-state index contributed by atoms with van der Waals surface area (Å²) in [5, 5.41) is 12.7. The van der Waals surface area contributed by atoms with Crippen LogP contribution in [0.2, 0.25) is 0 Å². The summed E-state index contributed by atoms with van der Waals surface area (Å²) in [4.78, 5) is 19.3. The van der Waals surface area contributed by atoms with Crippen molar-refractivity contribution in [2.24, 2.45) is 5.92 Å². The lowest BCUT2D eigenvalue weighted by Gasteiger charge is -2.43. The Hall–Kier alpha value is -3.94. The van der Waals surface area contributed by atoms with Gasteiger partial charge in [-0.25, -0.2) is 8.42 Å². The van der Waals surface area contributed by atoms with E-state index in [1.165, 1.54) is 38.8 Å². The average Bonchev–Trinajstić information content (AvgIpc) is 3.88. The molecular formula is C44H54N4O6S. The number of hydrogen-bond acceptors (Lipinski definition) is 8. The number of aryl methyl sites for hydroxylation is 1. The van der Waals surface area contributed by atoms with E-state index in [-0.39, 0.29) is 36.0 Å². The number of nitrogens with zero attached hydrogens (tertiary/aromatic N) is 2. The predicted molar refractivity (Wildman–Crippen MR) is 214 cm³/mol. The van der Waals surface area contributed by atoms with E-state index in [1.54, 1.807) is 30.3 Å². The summed E-state index contributed by atoms with van der Waals surface area (Å²) in [7, 11) is -4.00. The van der Waals surface area contributed by atoms with E-state index in [0.717, 1.165) is 47.5 Å². The van der Waals surface area contributed by atoms with Crippen molar-refractivity contribution >= 4 is 21.6 Å². The number of likely N-dealkylation sites (tertiary alicyclic amines) is 2. The van der Waals surface area contributed by atoms with Gasteiger partial charge in [-0.1, -0.05) is 91.3 Å². The van der Waals surface area contributed by atoms with Gasteiger partial charge in [-0.2, -0.15) is 4.72 Å². The minimum absolute atomic E-state index is 0.0266. The third-order valence-electron chi connectivity index (χ3n) is 11.4. The molecule has 3 saturated heterocycles. The number of rotatable bonds is 14. The number of anilines is 1. The van der Waals surface area contributed by atoms with Crippen LogP contribution in [0.3, 0.4) is 0 Å². The van der Waals surface area contributed by atoms with Gasteiger partial charge < -0.3 is 24.8 Å². The number of ether oxygens (including phenoxy) is 2. The molecule has 7 rings (SSSR count). The first-order valence-electron chi connectivity index (χ1n) is 19.7. The van der Waals surface area contributed by atoms with Crippen LogP contribution in [0.4, 0.5) is 5.69 Å². The second-order valence-electron chi connectivity index (χ2n) is 15.4. The average molecular weight is 767 g/mol. The molecule has 3 aliphatic rings. The molecule has 1 amide bonds. The van der Waals surface area contributed by atoms with Gasteiger partial charge in [0.05, 0.1) is 23.7 Å². The van der Waals surface area contributed by atoms with Gasteiger partial charge in [0.25, 0.3) is 0 Å². The van der Waals surface area contributed by atoms with Gasteiger partial charge in [0.2, 0.25) is 15.9 Å². The number of carbonyl (C=O) groups excluding carboxylic acids is 1. The minimum Gasteiger partial charge on any atom is -0.392 e. The third-order valence-corrected chi connectivity index (χ3v) is 12.8. The molecule has 292 valence electrons. The van der Waals surface area contributed by atoms with Crippen LogP contribution < -0.4 is 10.0 Å². The first kappa shape index (κ1) is 39.3. The number of aliphatic hydroxyl groups excluding tert-OH is 1. The molecule has 10 nitrogen and oxygen atoms in total. The standard InChI is InChI=1S/C44H54N4O6S/c1-31-15-21-39(22-16-31)55(51,52)46-40(26-33-10-4-3-5-11-33)43(50)45-37-13-8-12-36(27-37)44-53-41(29-48-25-9-14-38(48)28-47-23-6-7-24-47)32(2)42(54-44)35-19-17-34(30-49)18-20-35/h3-5,8,10-13,15-22,27,32,38,40-42,44,46,49H,6-7,9,14,23-26,28-30H2,1-2H3,(H,45,50). The van der Waals surface area contributed by atoms with Gasteiger partial charge in [-0.05, 0) is 99.6 Å². The van der Waals surface area contributed by atoms with Crippen LogP contribution in [-0.2, 0) is 37.3 Å². The fourth-order valence-corrected chi connectivity index (χ4v) is 9.36. The maximum Gasteiger partial charge on any atom is 0.242 e. The van der Waals surface area contributed by atoms with E-state index in [1.807, 2.05) is 79.7 Å². The topological polar surface area (TPSA) is 120 Å². The third kappa shape index (κ3) is 9.90. The molecule has 0 aliphatic carbocycles. The highest BCUT2D eigenvalue weighted by atomic mass is 32.2. The Morgan fingerprint density at radius 2 is 1.58 bits per heavy atom. The zero-order valence-corrected chi connectivity index (χ0v) is 32.7. The van der Waals surface area contributed by atoms with E-state index >= 15 is 0 Å². The fraction of sp³-hybridized carbons (Fsp3) is 0.432. The zero-order chi connectivity index (χ0) is 38.4. The molecule has 55 heavy (non-hydrogen) atoms. The maximum atomic E-state index is 14.0. The van der Waals surface area contributed by atoms with Crippen LogP contribution >= 0.6 is 0 Å². The van der Waals surface area contributed by atoms with Crippen molar-refractivity contribution in [2.45, 2.75) is 88.0 Å². The van der Waals surface area contributed by atoms with Crippen molar-refractivity contribution in [3.05, 3.63) is 131 Å². The van der Waals surface area contributed by atoms with E-state index in [9.17, 15) is 18.3 Å². The van der Waals surface area contributed by atoms with Gasteiger partial charge in [0, 0.05) is 36.3 Å². The first-order valence-corrected chi connectivity index (χ1v) is 21.1. The van der Waals surface area contributed by atoms with Gasteiger partial charge in [-0.3, -0.25) is 9.69 Å². The molecule has 0 aromatic heterocycles. The molecule has 0 spiro atoms. The monoisotopic (exact) mass is 766 g/mol. The Morgan fingerprint density at radius 3 is 2.31 bits per heavy atom. The summed E-state index contributed by atoms with van der Waals surface area (Å²) >= 11 is 0. The summed E-state index contributed by atoms with van der Waals surface area (Å²) in [5.74, 6) is -0.430. The summed E-state index contributed by atoms with van der Waals surface area (Å²) in [5.41, 5.74) is 4.88. The van der Waals surface area contributed by atoms with E-state index in [4.69, 9.17) is 9.47 Å². The number of carbonyl (C=O) groups is 1. The molecule has 0 radical (unpaired) electrons. The van der Waals surface area contributed by atoms with E-state index in [0.29, 0.717) is 11.7 Å². The molecule has 3 N–H and O–H groups in total. The van der Waals surface area contributed by atoms with Crippen molar-refractivity contribution in [2.75, 3.05) is 38.0 Å². The zero-order valence-electron chi connectivity index (χ0n) is 31.8. The Kier molecular flexibility index (Phi) is 12.8. The molecule has 0 bridgehead atoms. The second-order valence-corrected chi connectivity index (χ2v) is 17.1. The summed E-state index contributed by atoms with van der Waals surface area (Å²) in [6.45, 7) is 9.36. The highest BCUT2D eigenvalue weighted by molar-refractivity contribution is 7.89. The molecule has 4 aromatic carbocycles. The van der Waals surface area contributed by atoms with Gasteiger partial charge in [-0.15, -0.1) is 0 Å². The number of benzene rings is 4. The SMILES string of the molecule is Cc1ccc(S(=O)(=O)NC(Cc2ccccc2)C(=O)Nc2cccc(C3OC(CN4CCCC4CN4CCCC4)C(C)C(c4ccc(CO)cc4)O3)c2)cc1. The quantitative estimate of drug-likeness (QED) is 0.136. The highest BCUT2D eigenvalue weighted by Crippen LogP contribution is 2.42. The summed E-state index contributed by atoms with van der Waals surface area (Å²) in [6.07, 6.45) is 4.00. The van der Waals surface area contributed by atoms with Crippen molar-refractivity contribution in [3.8, 4) is 0 Å². The predicted octanol–water partition coefficient (Wildman–Crippen LogP) is 6.37. The maximum absolute atomic E-state index is 14.0. The lowest BCUT2D eigenvalue weighted by molar-refractivity contribution is -0.276. The van der Waals surface area contributed by atoms with Crippen molar-refractivity contribution in [1.82, 2.24) is 14.5 Å². The number of nitrogens with one attached hydrogen (secondary N) is 2. The van der Waals surface area contributed by atoms with Crippen molar-refractivity contribution in [3.63, 3.8) is 0 Å². The Bertz CT molecular complexity index is 1970. The van der Waals surface area contributed by atoms with Crippen LogP contribution in [0, 0.1) is 12.8 Å². The van der Waals surface area contributed by atoms with Gasteiger partial charge >= 0.3 is 0 Å². The number of amides is 1. The lowest BCUT2D eigenvalue weighted by atomic mass is 9.90. The second kappa shape index (κ2) is 17.9. The Labute approximate surface area is 325 Å². The Morgan fingerprint density at radius 1 is 0.836 bits per heavy atom. The molecule has 3 fully saturated rings. The number of sulfonamides is 1. The smallest absolute Gasteiger partial charge is 0.242 e. The molecule has 4 aromatic rings. The van der Waals surface area contributed by atoms with Crippen LogP contribution in [0.25, 0.3) is 0 Å². The highest BCUT2D eigenvalue weighted by Gasteiger charge is 2.41. The number of hydrogen-bond donors (Lipinski definition) is 3. The number of aliphatic hydroxyl groups is 1. The molecule has 3 aliphatic heterocycles. The summed E-state index contributed by atoms with van der Waals surface area (Å²) in [6, 6.07) is 30.7. The molecule has 0 saturated carbocycles. The fourth-order valence-electron chi connectivity index (χ4n) is 8.17. The molecule has 6 atom stereocenters. The van der Waals surface area contributed by atoms with Gasteiger partial charge in [0.1, 0.15) is 6.04 Å². The molecule has 3 heterocycles. The Balaban J connectivity index is 1.11. The van der Waals surface area contributed by atoms with Crippen LogP contribution in [0.5, 0.6) is 0 Å². The molecular weight excluding hydrogens is 713 g/mol. The molecule has 11 heteroatoms. The van der Waals surface area contributed by atoms with Crippen LogP contribution in [-0.4, -0.2) is 80.1 Å². The van der Waals surface area contributed by atoms with E-state index < -0.39 is 28.3 Å².